The number of halogens is 2. The second kappa shape index (κ2) is 7.45. The van der Waals surface area contributed by atoms with Crippen molar-refractivity contribution in [1.29, 1.82) is 0 Å². The molecule has 0 spiro atoms. The lowest BCUT2D eigenvalue weighted by molar-refractivity contribution is 0.0106. The maximum Gasteiger partial charge on any atom is 0.121 e. The van der Waals surface area contributed by atoms with Crippen LogP contribution in [0.25, 0.3) is 0 Å². The summed E-state index contributed by atoms with van der Waals surface area (Å²) in [5.74, 6) is -0.0459. The molecule has 0 radical (unpaired) electrons. The molecule has 0 bridgehead atoms. The average Bonchev–Trinajstić information content (AvgIpc) is 3.08. The maximum atomic E-state index is 11.8. The third-order valence-electron chi connectivity index (χ3n) is 5.01. The van der Waals surface area contributed by atoms with Gasteiger partial charge in [0.2, 0.25) is 0 Å². The summed E-state index contributed by atoms with van der Waals surface area (Å²) in [6, 6.07) is 15.0. The molecule has 24 heavy (non-hydrogen) atoms. The predicted molar refractivity (Wildman–Crippen MR) is 101 cm³/mol. The van der Waals surface area contributed by atoms with Crippen LogP contribution in [0.2, 0.25) is 10.0 Å². The first kappa shape index (κ1) is 17.8. The Morgan fingerprint density at radius 1 is 0.958 bits per heavy atom. The Morgan fingerprint density at radius 2 is 1.42 bits per heavy atom. The van der Waals surface area contributed by atoms with E-state index in [2.05, 4.69) is 11.8 Å². The summed E-state index contributed by atoms with van der Waals surface area (Å²) >= 11 is 12.9. The number of hydrogen-bond donors (Lipinski definition) is 1. The molecule has 0 saturated carbocycles. The van der Waals surface area contributed by atoms with Crippen molar-refractivity contribution in [3.63, 3.8) is 0 Å². The van der Waals surface area contributed by atoms with Crippen molar-refractivity contribution in [2.24, 2.45) is 5.92 Å². The molecule has 1 aliphatic rings. The zero-order valence-corrected chi connectivity index (χ0v) is 15.4. The molecule has 1 heterocycles. The molecule has 2 nitrogen and oxygen atoms in total. The summed E-state index contributed by atoms with van der Waals surface area (Å²) in [7, 11) is 0. The molecule has 3 rings (SSSR count). The van der Waals surface area contributed by atoms with Gasteiger partial charge >= 0.3 is 0 Å². The van der Waals surface area contributed by atoms with Gasteiger partial charge in [0.15, 0.2) is 0 Å². The van der Waals surface area contributed by atoms with Crippen LogP contribution in [0, 0.1) is 5.92 Å². The van der Waals surface area contributed by atoms with E-state index < -0.39 is 5.60 Å². The van der Waals surface area contributed by atoms with Crippen LogP contribution in [0.1, 0.15) is 30.9 Å². The SMILES string of the molecule is CC(CN1CCCC1)C(O)(c1ccccc1Cl)c1ccccc1Cl. The molecule has 1 saturated heterocycles. The summed E-state index contributed by atoms with van der Waals surface area (Å²) in [6.07, 6.45) is 2.45. The van der Waals surface area contributed by atoms with Crippen molar-refractivity contribution in [3.05, 3.63) is 69.7 Å². The molecule has 1 fully saturated rings. The Balaban J connectivity index is 2.06. The average molecular weight is 364 g/mol. The van der Waals surface area contributed by atoms with Crippen LogP contribution in [0.3, 0.4) is 0 Å². The van der Waals surface area contributed by atoms with Gasteiger partial charge in [0.05, 0.1) is 0 Å². The van der Waals surface area contributed by atoms with Gasteiger partial charge < -0.3 is 10.0 Å². The molecule has 0 aromatic heterocycles. The highest BCUT2D eigenvalue weighted by Crippen LogP contribution is 2.43. The third-order valence-corrected chi connectivity index (χ3v) is 5.67. The number of likely N-dealkylation sites (tertiary alicyclic amines) is 1. The van der Waals surface area contributed by atoms with Crippen molar-refractivity contribution >= 4 is 23.2 Å². The van der Waals surface area contributed by atoms with E-state index in [1.54, 1.807) is 0 Å². The fourth-order valence-corrected chi connectivity index (χ4v) is 4.26. The molecular formula is C20H23Cl2NO. The van der Waals surface area contributed by atoms with Crippen molar-refractivity contribution < 1.29 is 5.11 Å². The van der Waals surface area contributed by atoms with E-state index in [0.29, 0.717) is 21.2 Å². The predicted octanol–water partition coefficient (Wildman–Crippen LogP) is 4.96. The maximum absolute atomic E-state index is 11.8. The van der Waals surface area contributed by atoms with E-state index in [1.165, 1.54) is 12.8 Å². The van der Waals surface area contributed by atoms with Crippen LogP contribution in [0.5, 0.6) is 0 Å². The van der Waals surface area contributed by atoms with Crippen molar-refractivity contribution in [2.75, 3.05) is 19.6 Å². The molecular weight excluding hydrogens is 341 g/mol. The Labute approximate surface area is 154 Å². The van der Waals surface area contributed by atoms with Crippen molar-refractivity contribution in [3.8, 4) is 0 Å². The highest BCUT2D eigenvalue weighted by Gasteiger charge is 2.41. The monoisotopic (exact) mass is 363 g/mol. The van der Waals surface area contributed by atoms with E-state index in [4.69, 9.17) is 23.2 Å². The molecule has 1 N–H and O–H groups in total. The largest absolute Gasteiger partial charge is 0.380 e. The van der Waals surface area contributed by atoms with Gasteiger partial charge in [0.1, 0.15) is 5.60 Å². The number of nitrogens with zero attached hydrogens (tertiary/aromatic N) is 1. The highest BCUT2D eigenvalue weighted by atomic mass is 35.5. The normalized spacial score (nSPS) is 17.2. The second-order valence-corrected chi connectivity index (χ2v) is 7.45. The molecule has 1 atom stereocenters. The molecule has 128 valence electrons. The second-order valence-electron chi connectivity index (χ2n) is 6.63. The van der Waals surface area contributed by atoms with Crippen LogP contribution >= 0.6 is 23.2 Å². The smallest absolute Gasteiger partial charge is 0.121 e. The van der Waals surface area contributed by atoms with Crippen LogP contribution in [-0.2, 0) is 5.60 Å². The van der Waals surface area contributed by atoms with E-state index in [-0.39, 0.29) is 5.92 Å². The van der Waals surface area contributed by atoms with Gasteiger partial charge in [-0.25, -0.2) is 0 Å². The van der Waals surface area contributed by atoms with Crippen molar-refractivity contribution in [1.82, 2.24) is 4.90 Å². The van der Waals surface area contributed by atoms with Gasteiger partial charge in [-0.2, -0.15) is 0 Å². The fraction of sp³-hybridized carbons (Fsp3) is 0.400. The lowest BCUT2D eigenvalue weighted by atomic mass is 9.76. The topological polar surface area (TPSA) is 23.5 Å². The minimum atomic E-state index is -1.22. The number of rotatable bonds is 5. The van der Waals surface area contributed by atoms with Crippen LogP contribution in [-0.4, -0.2) is 29.6 Å². The van der Waals surface area contributed by atoms with Gasteiger partial charge in [-0.05, 0) is 38.1 Å². The molecule has 4 heteroatoms. The Kier molecular flexibility index (Phi) is 5.51. The summed E-state index contributed by atoms with van der Waals surface area (Å²) in [5.41, 5.74) is 0.206. The van der Waals surface area contributed by atoms with E-state index >= 15 is 0 Å². The summed E-state index contributed by atoms with van der Waals surface area (Å²) in [4.78, 5) is 2.41. The zero-order valence-electron chi connectivity index (χ0n) is 13.9. The first-order chi connectivity index (χ1) is 11.5. The number of aliphatic hydroxyl groups is 1. The molecule has 1 unspecified atom stereocenters. The van der Waals surface area contributed by atoms with Gasteiger partial charge in [0.25, 0.3) is 0 Å². The molecule has 0 amide bonds. The highest BCUT2D eigenvalue weighted by molar-refractivity contribution is 6.32. The van der Waals surface area contributed by atoms with Crippen LogP contribution < -0.4 is 0 Å². The van der Waals surface area contributed by atoms with Crippen molar-refractivity contribution in [2.45, 2.75) is 25.4 Å². The number of hydrogen-bond acceptors (Lipinski definition) is 2. The van der Waals surface area contributed by atoms with Crippen LogP contribution in [0.4, 0.5) is 0 Å². The Hall–Kier alpha value is -1.06. The fourth-order valence-electron chi connectivity index (χ4n) is 3.70. The summed E-state index contributed by atoms with van der Waals surface area (Å²) in [5, 5.41) is 13.0. The molecule has 2 aromatic rings. The lowest BCUT2D eigenvalue weighted by Crippen LogP contribution is -2.41. The minimum absolute atomic E-state index is 0.0459. The molecule has 0 aliphatic carbocycles. The quantitative estimate of drug-likeness (QED) is 0.811. The van der Waals surface area contributed by atoms with Gasteiger partial charge in [-0.15, -0.1) is 0 Å². The van der Waals surface area contributed by atoms with E-state index in [1.807, 2.05) is 48.5 Å². The Bertz CT molecular complexity index is 652. The standard InChI is InChI=1S/C20H23Cl2NO/c1-15(14-23-12-6-7-13-23)20(24,16-8-2-4-10-18(16)21)17-9-3-5-11-19(17)22/h2-5,8-11,15,24H,6-7,12-14H2,1H3. The first-order valence-corrected chi connectivity index (χ1v) is 9.24. The summed E-state index contributed by atoms with van der Waals surface area (Å²) in [6.45, 7) is 5.06. The number of benzene rings is 2. The van der Waals surface area contributed by atoms with Gasteiger partial charge in [-0.1, -0.05) is 66.5 Å². The van der Waals surface area contributed by atoms with E-state index in [9.17, 15) is 5.11 Å². The summed E-state index contributed by atoms with van der Waals surface area (Å²) < 4.78 is 0. The molecule has 1 aliphatic heterocycles. The lowest BCUT2D eigenvalue weighted by Gasteiger charge is -2.38. The molecule has 2 aromatic carbocycles. The van der Waals surface area contributed by atoms with Gasteiger partial charge in [-0.3, -0.25) is 0 Å². The van der Waals surface area contributed by atoms with E-state index in [0.717, 1.165) is 19.6 Å². The first-order valence-electron chi connectivity index (χ1n) is 8.48. The zero-order chi connectivity index (χ0) is 17.2. The Morgan fingerprint density at radius 3 is 1.88 bits per heavy atom. The third kappa shape index (κ3) is 3.34. The van der Waals surface area contributed by atoms with Gasteiger partial charge in [0, 0.05) is 33.6 Å². The van der Waals surface area contributed by atoms with Crippen LogP contribution in [0.15, 0.2) is 48.5 Å². The minimum Gasteiger partial charge on any atom is -0.380 e.